The molecule has 0 aromatic rings. The second-order valence-corrected chi connectivity index (χ2v) is 10.3. The Morgan fingerprint density at radius 3 is 1.39 bits per heavy atom. The predicted molar refractivity (Wildman–Crippen MR) is 144 cm³/mol. The number of hydrogen-bond donors (Lipinski definition) is 0. The summed E-state index contributed by atoms with van der Waals surface area (Å²) in [7, 11) is 1.86. The van der Waals surface area contributed by atoms with Crippen molar-refractivity contribution in [2.75, 3.05) is 27.0 Å². The van der Waals surface area contributed by atoms with Gasteiger partial charge in [-0.1, -0.05) is 136 Å². The lowest BCUT2D eigenvalue weighted by Crippen LogP contribution is -2.36. The lowest BCUT2D eigenvalue weighted by atomic mass is 9.93. The minimum atomic E-state index is -0.155. The van der Waals surface area contributed by atoms with E-state index in [0.717, 1.165) is 45.3 Å². The van der Waals surface area contributed by atoms with Crippen LogP contribution in [0.5, 0.6) is 0 Å². The minimum Gasteiger partial charge on any atom is -0.378 e. The molecule has 1 unspecified atom stereocenters. The fourth-order valence-electron chi connectivity index (χ4n) is 4.74. The van der Waals surface area contributed by atoms with Gasteiger partial charge in [0.1, 0.15) is 0 Å². The zero-order valence-corrected chi connectivity index (χ0v) is 23.1. The molecule has 0 saturated heterocycles. The third kappa shape index (κ3) is 22.1. The van der Waals surface area contributed by atoms with Crippen LogP contribution in [0, 0.1) is 0 Å². The summed E-state index contributed by atoms with van der Waals surface area (Å²) in [5, 5.41) is 0. The first-order valence-electron chi connectivity index (χ1n) is 14.9. The Bertz CT molecular complexity index is 357. The number of alkyl halides is 1. The van der Waals surface area contributed by atoms with Gasteiger partial charge >= 0.3 is 0 Å². The van der Waals surface area contributed by atoms with E-state index in [-0.39, 0.29) is 12.3 Å². The van der Waals surface area contributed by atoms with Crippen molar-refractivity contribution in [1.29, 1.82) is 0 Å². The van der Waals surface area contributed by atoms with Crippen LogP contribution in [0.3, 0.4) is 0 Å². The maximum atomic E-state index is 12.1. The van der Waals surface area contributed by atoms with Crippen LogP contribution in [-0.4, -0.2) is 32.6 Å². The first-order chi connectivity index (χ1) is 16.2. The van der Waals surface area contributed by atoms with Gasteiger partial charge in [0, 0.05) is 13.7 Å². The summed E-state index contributed by atoms with van der Waals surface area (Å²) in [6.07, 6.45) is 29.5. The van der Waals surface area contributed by atoms with Gasteiger partial charge in [-0.05, 0) is 25.7 Å². The van der Waals surface area contributed by atoms with Gasteiger partial charge in [0.2, 0.25) is 0 Å². The molecule has 0 fully saturated rings. The number of unbranched alkanes of at least 4 members (excludes halogenated alkanes) is 19. The average molecular weight is 473 g/mol. The van der Waals surface area contributed by atoms with Gasteiger partial charge in [0.25, 0.3) is 0 Å². The van der Waals surface area contributed by atoms with E-state index in [1.54, 1.807) is 0 Å². The molecule has 0 spiro atoms. The summed E-state index contributed by atoms with van der Waals surface area (Å²) in [5.74, 6) is 0. The van der Waals surface area contributed by atoms with Crippen molar-refractivity contribution < 1.29 is 13.9 Å². The van der Waals surface area contributed by atoms with Crippen molar-refractivity contribution in [3.05, 3.63) is 0 Å². The second kappa shape index (κ2) is 26.5. The predicted octanol–water partition coefficient (Wildman–Crippen LogP) is 10.4. The van der Waals surface area contributed by atoms with Crippen LogP contribution < -0.4 is 0 Å². The zero-order valence-electron chi connectivity index (χ0n) is 23.1. The SMILES string of the molecule is CCCCCCCCCCCCCCCC(CC)(COCCCCCCCCCCF)OC. The molecule has 1 atom stereocenters. The number of ether oxygens (including phenoxy) is 2. The molecule has 200 valence electrons. The zero-order chi connectivity index (χ0) is 24.3. The van der Waals surface area contributed by atoms with Gasteiger partial charge in [-0.25, -0.2) is 0 Å². The van der Waals surface area contributed by atoms with Crippen molar-refractivity contribution in [2.45, 2.75) is 167 Å². The monoisotopic (exact) mass is 472 g/mol. The van der Waals surface area contributed by atoms with E-state index in [1.165, 1.54) is 116 Å². The molecule has 2 nitrogen and oxygen atoms in total. The molecule has 0 aliphatic heterocycles. The van der Waals surface area contributed by atoms with E-state index in [9.17, 15) is 4.39 Å². The van der Waals surface area contributed by atoms with Crippen molar-refractivity contribution in [1.82, 2.24) is 0 Å². The molecule has 0 aliphatic rings. The van der Waals surface area contributed by atoms with E-state index in [1.807, 2.05) is 7.11 Å². The van der Waals surface area contributed by atoms with Crippen molar-refractivity contribution in [2.24, 2.45) is 0 Å². The quantitative estimate of drug-likeness (QED) is 0.105. The van der Waals surface area contributed by atoms with Gasteiger partial charge in [0.05, 0.1) is 18.9 Å². The van der Waals surface area contributed by atoms with E-state index in [4.69, 9.17) is 9.47 Å². The molecule has 0 radical (unpaired) electrons. The molecule has 0 aliphatic carbocycles. The van der Waals surface area contributed by atoms with E-state index in [2.05, 4.69) is 13.8 Å². The Kier molecular flexibility index (Phi) is 26.3. The van der Waals surface area contributed by atoms with E-state index < -0.39 is 0 Å². The number of rotatable bonds is 28. The summed E-state index contributed by atoms with van der Waals surface area (Å²) in [6, 6.07) is 0. The molecule has 0 bridgehead atoms. The molecule has 0 N–H and O–H groups in total. The minimum absolute atomic E-state index is 0.0891. The Balaban J connectivity index is 3.58. The topological polar surface area (TPSA) is 18.5 Å². The normalized spacial score (nSPS) is 13.5. The average Bonchev–Trinajstić information content (AvgIpc) is 2.84. The molecule has 0 saturated carbocycles. The molecule has 0 heterocycles. The lowest BCUT2D eigenvalue weighted by molar-refractivity contribution is -0.0842. The van der Waals surface area contributed by atoms with E-state index >= 15 is 0 Å². The Hall–Kier alpha value is -0.150. The highest BCUT2D eigenvalue weighted by molar-refractivity contribution is 4.78. The summed E-state index contributed by atoms with van der Waals surface area (Å²) in [6.45, 7) is 5.96. The Morgan fingerprint density at radius 1 is 0.545 bits per heavy atom. The summed E-state index contributed by atoms with van der Waals surface area (Å²) < 4.78 is 24.0. The maximum absolute atomic E-state index is 12.1. The first kappa shape index (κ1) is 32.8. The molecule has 0 rings (SSSR count). The van der Waals surface area contributed by atoms with Gasteiger partial charge in [0.15, 0.2) is 0 Å². The lowest BCUT2D eigenvalue weighted by Gasteiger charge is -2.31. The highest BCUT2D eigenvalue weighted by Gasteiger charge is 2.27. The molecule has 0 aromatic heterocycles. The standard InChI is InChI=1S/C30H61FO2/c1-4-6-7-8-9-10-11-12-13-14-17-20-23-26-30(5-2,32-3)29-33-28-25-22-19-16-15-18-21-24-27-31/h4-29H2,1-3H3. The van der Waals surface area contributed by atoms with Gasteiger partial charge in [-0.2, -0.15) is 0 Å². The van der Waals surface area contributed by atoms with Crippen LogP contribution in [0.15, 0.2) is 0 Å². The fraction of sp³-hybridized carbons (Fsp3) is 1.00. The maximum Gasteiger partial charge on any atom is 0.0908 e. The number of halogens is 1. The smallest absolute Gasteiger partial charge is 0.0908 e. The highest BCUT2D eigenvalue weighted by Crippen LogP contribution is 2.24. The summed E-state index contributed by atoms with van der Waals surface area (Å²) >= 11 is 0. The van der Waals surface area contributed by atoms with Gasteiger partial charge in [-0.15, -0.1) is 0 Å². The molecule has 3 heteroatoms. The third-order valence-corrected chi connectivity index (χ3v) is 7.35. The molecular weight excluding hydrogens is 411 g/mol. The first-order valence-corrected chi connectivity index (χ1v) is 14.9. The van der Waals surface area contributed by atoms with Crippen LogP contribution in [-0.2, 0) is 9.47 Å². The molecule has 33 heavy (non-hydrogen) atoms. The van der Waals surface area contributed by atoms with Crippen LogP contribution in [0.1, 0.15) is 162 Å². The van der Waals surface area contributed by atoms with Crippen molar-refractivity contribution in [3.63, 3.8) is 0 Å². The van der Waals surface area contributed by atoms with Gasteiger partial charge in [-0.3, -0.25) is 4.39 Å². The molecular formula is C30H61FO2. The Morgan fingerprint density at radius 2 is 0.970 bits per heavy atom. The molecule has 0 aromatic carbocycles. The molecule has 0 amide bonds. The highest BCUT2D eigenvalue weighted by atomic mass is 19.1. The van der Waals surface area contributed by atoms with Crippen molar-refractivity contribution >= 4 is 0 Å². The largest absolute Gasteiger partial charge is 0.378 e. The van der Waals surface area contributed by atoms with Crippen LogP contribution in [0.25, 0.3) is 0 Å². The fourth-order valence-corrected chi connectivity index (χ4v) is 4.74. The van der Waals surface area contributed by atoms with Crippen molar-refractivity contribution in [3.8, 4) is 0 Å². The third-order valence-electron chi connectivity index (χ3n) is 7.35. The van der Waals surface area contributed by atoms with Gasteiger partial charge < -0.3 is 9.47 Å². The number of hydrogen-bond acceptors (Lipinski definition) is 2. The van der Waals surface area contributed by atoms with Crippen LogP contribution in [0.4, 0.5) is 4.39 Å². The summed E-state index contributed by atoms with van der Waals surface area (Å²) in [5.41, 5.74) is -0.0891. The van der Waals surface area contributed by atoms with Crippen LogP contribution >= 0.6 is 0 Å². The van der Waals surface area contributed by atoms with E-state index in [0.29, 0.717) is 0 Å². The summed E-state index contributed by atoms with van der Waals surface area (Å²) in [4.78, 5) is 0. The Labute approximate surface area is 208 Å². The second-order valence-electron chi connectivity index (χ2n) is 10.3. The number of methoxy groups -OCH3 is 1. The van der Waals surface area contributed by atoms with Crippen LogP contribution in [0.2, 0.25) is 0 Å².